The van der Waals surface area contributed by atoms with Crippen molar-refractivity contribution in [3.05, 3.63) is 25.3 Å². The van der Waals surface area contributed by atoms with E-state index in [2.05, 4.69) is 42.5 Å². The summed E-state index contributed by atoms with van der Waals surface area (Å²) in [6.07, 6.45) is 3.60. The number of hydrogen-bond acceptors (Lipinski definition) is 17. The molecule has 46 heavy (non-hydrogen) atoms. The zero-order valence-corrected chi connectivity index (χ0v) is 26.7. The maximum atomic E-state index is 10.7. The SMILES string of the molecule is CC[C@H]1O[C@@H](n2cnc3c(N)ncnc32)[C@H](S)[C@@H]1O.C[S+](CC[C@H](N)C(=O)[O-])C[C@H]1O[C@@H](n2cnc3c(N)ncnc32)[C@H](O)[C@@H]1O. The van der Waals surface area contributed by atoms with Crippen LogP contribution in [-0.2, 0) is 25.2 Å². The largest absolute Gasteiger partial charge is 0.548 e. The number of imidazole rings is 2. The van der Waals surface area contributed by atoms with Gasteiger partial charge in [0.1, 0.15) is 53.5 Å². The molecule has 0 spiro atoms. The maximum absolute atomic E-state index is 10.7. The summed E-state index contributed by atoms with van der Waals surface area (Å²) in [6.45, 7) is 1.96. The van der Waals surface area contributed by atoms with Gasteiger partial charge in [-0.15, -0.1) is 0 Å². The van der Waals surface area contributed by atoms with Gasteiger partial charge < -0.3 is 51.9 Å². The second kappa shape index (κ2) is 14.2. The number of nitrogen functional groups attached to an aromatic ring is 2. The van der Waals surface area contributed by atoms with E-state index in [0.717, 1.165) is 6.42 Å². The zero-order valence-electron chi connectivity index (χ0n) is 25.0. The lowest BCUT2D eigenvalue weighted by Gasteiger charge is -2.16. The molecule has 0 bridgehead atoms. The van der Waals surface area contributed by atoms with Gasteiger partial charge in [0.25, 0.3) is 0 Å². The van der Waals surface area contributed by atoms with Crippen LogP contribution in [0.1, 0.15) is 32.2 Å². The molecule has 6 heterocycles. The smallest absolute Gasteiger partial charge is 0.167 e. The van der Waals surface area contributed by atoms with Crippen LogP contribution in [0, 0.1) is 0 Å². The summed E-state index contributed by atoms with van der Waals surface area (Å²) in [7, 11) is -0.263. The fourth-order valence-corrected chi connectivity index (χ4v) is 7.38. The van der Waals surface area contributed by atoms with Crippen molar-refractivity contribution in [2.75, 3.05) is 29.2 Å². The monoisotopic (exact) mass is 679 g/mol. The van der Waals surface area contributed by atoms with Gasteiger partial charge in [-0.05, 0) is 17.3 Å². The first-order valence-corrected chi connectivity index (χ1v) is 16.9. The molecule has 2 fully saturated rings. The first kappa shape index (κ1) is 34.0. The van der Waals surface area contributed by atoms with Gasteiger partial charge in [-0.25, -0.2) is 29.9 Å². The normalized spacial score (nSPS) is 29.1. The Morgan fingerprint density at radius 1 is 0.935 bits per heavy atom. The van der Waals surface area contributed by atoms with Crippen molar-refractivity contribution < 1.29 is 34.7 Å². The lowest BCUT2D eigenvalue weighted by molar-refractivity contribution is -0.307. The Labute approximate surface area is 271 Å². The lowest BCUT2D eigenvalue weighted by atomic mass is 10.1. The van der Waals surface area contributed by atoms with Crippen molar-refractivity contribution in [1.29, 1.82) is 0 Å². The van der Waals surface area contributed by atoms with Crippen LogP contribution in [0.15, 0.2) is 25.3 Å². The van der Waals surface area contributed by atoms with Crippen LogP contribution in [0.3, 0.4) is 0 Å². The molecule has 2 saturated heterocycles. The van der Waals surface area contributed by atoms with E-state index >= 15 is 0 Å². The quantitative estimate of drug-likeness (QED) is 0.0690. The molecular formula is C26H37N11O7S2. The van der Waals surface area contributed by atoms with E-state index in [4.69, 9.17) is 26.7 Å². The van der Waals surface area contributed by atoms with E-state index in [1.165, 1.54) is 23.5 Å². The van der Waals surface area contributed by atoms with Gasteiger partial charge in [-0.3, -0.25) is 9.13 Å². The second-order valence-corrected chi connectivity index (χ2v) is 13.9. The Morgan fingerprint density at radius 3 is 2.00 bits per heavy atom. The number of aromatic nitrogens is 8. The molecule has 2 aliphatic rings. The first-order chi connectivity index (χ1) is 21.9. The fourth-order valence-electron chi connectivity index (χ4n) is 5.32. The summed E-state index contributed by atoms with van der Waals surface area (Å²) in [4.78, 5) is 35.1. The van der Waals surface area contributed by atoms with E-state index in [-0.39, 0.29) is 34.5 Å². The van der Waals surface area contributed by atoms with E-state index < -0.39 is 48.9 Å². The van der Waals surface area contributed by atoms with Crippen LogP contribution in [0.4, 0.5) is 11.6 Å². The Balaban J connectivity index is 0.000000192. The minimum atomic E-state index is -1.28. The summed E-state index contributed by atoms with van der Waals surface area (Å²) >= 11 is 4.44. The number of rotatable bonds is 9. The summed E-state index contributed by atoms with van der Waals surface area (Å²) < 4.78 is 14.9. The molecule has 0 amide bonds. The number of nitrogens with two attached hydrogens (primary N) is 3. The number of carboxylic acids is 1. The topological polar surface area (TPSA) is 285 Å². The number of carbonyl (C=O) groups is 1. The van der Waals surface area contributed by atoms with Gasteiger partial charge in [0.15, 0.2) is 35.4 Å². The minimum absolute atomic E-state index is 0.211. The number of ether oxygens (including phenoxy) is 2. The third kappa shape index (κ3) is 6.69. The molecule has 0 radical (unpaired) electrons. The average Bonchev–Trinajstić information content (AvgIpc) is 3.79. The lowest BCUT2D eigenvalue weighted by Crippen LogP contribution is -2.43. The third-order valence-electron chi connectivity index (χ3n) is 7.93. The summed E-state index contributed by atoms with van der Waals surface area (Å²) in [6, 6.07) is -1.02. The molecule has 6 rings (SSSR count). The van der Waals surface area contributed by atoms with E-state index in [1.54, 1.807) is 10.9 Å². The molecule has 10 atom stereocenters. The van der Waals surface area contributed by atoms with Crippen molar-refractivity contribution in [3.8, 4) is 0 Å². The van der Waals surface area contributed by atoms with Crippen LogP contribution in [0.25, 0.3) is 22.3 Å². The maximum Gasteiger partial charge on any atom is 0.167 e. The highest BCUT2D eigenvalue weighted by molar-refractivity contribution is 7.96. The highest BCUT2D eigenvalue weighted by Crippen LogP contribution is 2.36. The van der Waals surface area contributed by atoms with Crippen molar-refractivity contribution >= 4 is 63.5 Å². The number of aliphatic hydroxyl groups excluding tert-OH is 3. The summed E-state index contributed by atoms with van der Waals surface area (Å²) in [5.41, 5.74) is 18.9. The molecule has 2 aliphatic heterocycles. The van der Waals surface area contributed by atoms with Gasteiger partial charge >= 0.3 is 0 Å². The van der Waals surface area contributed by atoms with Gasteiger partial charge in [0.05, 0.1) is 42.3 Å². The van der Waals surface area contributed by atoms with Crippen molar-refractivity contribution in [2.45, 2.75) is 74.0 Å². The highest BCUT2D eigenvalue weighted by Gasteiger charge is 2.47. The standard InChI is InChI=1S/C15H22N6O5S.C11H15N5O2S/c1-27(3-2-7(16)15(24)25)4-8-10(22)11(23)14(26-8)21-6-20-9-12(17)18-5-19-13(9)21;1-2-5-7(17)8(19)11(18-5)16-4-15-6-9(12)13-3-14-10(6)16/h5-8,10-11,14,22-23H,2-4,16H2,1H3,(H2-,17,18,19,24,25);3-5,7-8,11,17,19H,2H2,1H3,(H2,12,13,14)/t7-,8+,10+,11+,14+,27?;5-,7-,8-,11-/m01/s1. The molecule has 0 aliphatic carbocycles. The minimum Gasteiger partial charge on any atom is -0.548 e. The van der Waals surface area contributed by atoms with E-state index in [1.807, 2.05) is 13.2 Å². The molecule has 0 aromatic carbocycles. The zero-order chi connectivity index (χ0) is 33.3. The molecule has 9 N–H and O–H groups in total. The number of aliphatic carboxylic acids is 1. The molecule has 4 aromatic heterocycles. The van der Waals surface area contributed by atoms with E-state index in [9.17, 15) is 25.2 Å². The fraction of sp³-hybridized carbons (Fsp3) is 0.577. The molecule has 1 unspecified atom stereocenters. The first-order valence-electron chi connectivity index (χ1n) is 14.4. The Bertz CT molecular complexity index is 1660. The number of aliphatic hydroxyl groups is 3. The Hall–Kier alpha value is -3.37. The average molecular weight is 680 g/mol. The van der Waals surface area contributed by atoms with Gasteiger partial charge in [-0.2, -0.15) is 12.6 Å². The Kier molecular flexibility index (Phi) is 10.5. The molecule has 4 aromatic rings. The molecular weight excluding hydrogens is 642 g/mol. The van der Waals surface area contributed by atoms with Gasteiger partial charge in [0.2, 0.25) is 0 Å². The number of fused-ring (bicyclic) bond motifs is 2. The van der Waals surface area contributed by atoms with Gasteiger partial charge in [0, 0.05) is 12.5 Å². The Morgan fingerprint density at radius 2 is 1.48 bits per heavy atom. The number of hydrogen-bond donors (Lipinski definition) is 7. The number of thiol groups is 1. The molecule has 250 valence electrons. The van der Waals surface area contributed by atoms with Crippen molar-refractivity contribution in [3.63, 3.8) is 0 Å². The van der Waals surface area contributed by atoms with Crippen LogP contribution in [0.2, 0.25) is 0 Å². The molecule has 18 nitrogen and oxygen atoms in total. The van der Waals surface area contributed by atoms with Crippen molar-refractivity contribution in [2.24, 2.45) is 5.73 Å². The van der Waals surface area contributed by atoms with Crippen LogP contribution in [0.5, 0.6) is 0 Å². The number of carboxylic acid groups (broad SMARTS) is 1. The molecule has 20 heteroatoms. The van der Waals surface area contributed by atoms with E-state index in [0.29, 0.717) is 39.7 Å². The van der Waals surface area contributed by atoms with Crippen LogP contribution < -0.4 is 22.3 Å². The number of anilines is 2. The van der Waals surface area contributed by atoms with Gasteiger partial charge in [-0.1, -0.05) is 6.92 Å². The van der Waals surface area contributed by atoms with Crippen LogP contribution >= 0.6 is 12.6 Å². The van der Waals surface area contributed by atoms with Crippen molar-refractivity contribution in [1.82, 2.24) is 39.0 Å². The summed E-state index contributed by atoms with van der Waals surface area (Å²) in [5, 5.41) is 41.2. The predicted molar refractivity (Wildman–Crippen MR) is 169 cm³/mol. The van der Waals surface area contributed by atoms with Crippen LogP contribution in [-0.4, -0.2) is 120 Å². The second-order valence-electron chi connectivity index (χ2n) is 11.0. The number of nitrogens with zero attached hydrogens (tertiary/aromatic N) is 8. The predicted octanol–water partition coefficient (Wildman–Crippen LogP) is -2.88. The molecule has 0 saturated carbocycles. The third-order valence-corrected chi connectivity index (χ3v) is 10.3. The summed E-state index contributed by atoms with van der Waals surface area (Å²) in [5.74, 6) is 0.263. The number of carbonyl (C=O) groups excluding carboxylic acids is 1. The highest BCUT2D eigenvalue weighted by atomic mass is 32.2.